The number of alkyl halides is 1. The Morgan fingerprint density at radius 2 is 2.00 bits per heavy atom. The van der Waals surface area contributed by atoms with Crippen LogP contribution in [0.15, 0.2) is 30.6 Å². The largest absolute Gasteiger partial charge is 0.494 e. The molecule has 2 aromatic rings. The molecule has 10 nitrogen and oxygen atoms in total. The van der Waals surface area contributed by atoms with Crippen LogP contribution in [0, 0.1) is 0 Å². The van der Waals surface area contributed by atoms with Crippen LogP contribution in [0.5, 0.6) is 5.75 Å². The minimum absolute atomic E-state index is 0.0567. The van der Waals surface area contributed by atoms with Crippen LogP contribution in [0.4, 0.5) is 15.0 Å². The normalized spacial score (nSPS) is 26.8. The van der Waals surface area contributed by atoms with E-state index >= 15 is 4.39 Å². The lowest BCUT2D eigenvalue weighted by Crippen LogP contribution is -2.59. The predicted molar refractivity (Wildman–Crippen MR) is 158 cm³/mol. The van der Waals surface area contributed by atoms with Crippen molar-refractivity contribution in [3.8, 4) is 17.0 Å². The highest BCUT2D eigenvalue weighted by molar-refractivity contribution is 6.62. The number of carbonyl (C=O) groups excluding carboxylic acids is 1. The van der Waals surface area contributed by atoms with Crippen molar-refractivity contribution in [2.75, 3.05) is 25.9 Å². The van der Waals surface area contributed by atoms with Crippen molar-refractivity contribution < 1.29 is 32.7 Å². The molecule has 1 aromatic carbocycles. The molecule has 0 saturated carbocycles. The van der Waals surface area contributed by atoms with Crippen LogP contribution >= 0.6 is 0 Å². The van der Waals surface area contributed by atoms with E-state index in [0.29, 0.717) is 30.1 Å². The van der Waals surface area contributed by atoms with E-state index in [2.05, 4.69) is 9.97 Å². The summed E-state index contributed by atoms with van der Waals surface area (Å²) in [5.74, 6) is 1.11. The quantitative estimate of drug-likeness (QED) is 0.348. The molecule has 12 heteroatoms. The Morgan fingerprint density at radius 1 is 1.24 bits per heavy atom. The predicted octanol–water partition coefficient (Wildman–Crippen LogP) is 4.35. The molecule has 0 N–H and O–H groups in total. The Kier molecular flexibility index (Phi) is 8.44. The molecule has 5 rings (SSSR count). The lowest BCUT2D eigenvalue weighted by Gasteiger charge is -2.44. The molecule has 0 aliphatic carbocycles. The summed E-state index contributed by atoms with van der Waals surface area (Å²) >= 11 is 0. The van der Waals surface area contributed by atoms with Gasteiger partial charge in [-0.2, -0.15) is 0 Å². The number of hydrogen-bond donors (Lipinski definition) is 0. The molecule has 3 fully saturated rings. The number of anilines is 1. The van der Waals surface area contributed by atoms with Gasteiger partial charge in [0.25, 0.3) is 0 Å². The summed E-state index contributed by atoms with van der Waals surface area (Å²) in [5, 5.41) is 0. The molecule has 3 aliphatic heterocycles. The van der Waals surface area contributed by atoms with Gasteiger partial charge in [0.05, 0.1) is 41.9 Å². The average molecular weight is 584 g/mol. The van der Waals surface area contributed by atoms with Gasteiger partial charge >= 0.3 is 13.2 Å². The van der Waals surface area contributed by atoms with Crippen molar-refractivity contribution in [1.82, 2.24) is 14.9 Å². The monoisotopic (exact) mass is 584 g/mol. The van der Waals surface area contributed by atoms with E-state index in [0.717, 1.165) is 17.4 Å². The molecular formula is C30H42BFN4O6. The number of benzene rings is 1. The van der Waals surface area contributed by atoms with E-state index in [4.69, 9.17) is 23.5 Å². The molecule has 1 amide bonds. The SMILES string of the molecule is COCOc1cc(B2OC(C)C(C)(C)O2)ccc1-c1cnc(N(C)[C@H]2C[C@@H]3CC[C@H]([C@H]2F)N3C(=O)OC(C)(C)C)cn1. The van der Waals surface area contributed by atoms with Gasteiger partial charge in [-0.25, -0.2) is 14.2 Å². The van der Waals surface area contributed by atoms with E-state index in [-0.39, 0.29) is 18.9 Å². The molecule has 5 atom stereocenters. The summed E-state index contributed by atoms with van der Waals surface area (Å²) in [5.41, 5.74) is 1.12. The highest BCUT2D eigenvalue weighted by atomic mass is 19.1. The van der Waals surface area contributed by atoms with Gasteiger partial charge in [-0.15, -0.1) is 0 Å². The number of aromatic nitrogens is 2. The summed E-state index contributed by atoms with van der Waals surface area (Å²) in [6.07, 6.45) is 3.43. The lowest BCUT2D eigenvalue weighted by atomic mass is 9.78. The second-order valence-corrected chi connectivity index (χ2v) is 12.9. The average Bonchev–Trinajstić information content (AvgIpc) is 3.43. The maximum Gasteiger partial charge on any atom is 0.494 e. The fraction of sp³-hybridized carbons (Fsp3) is 0.633. The first-order valence-electron chi connectivity index (χ1n) is 14.6. The molecule has 1 unspecified atom stereocenters. The van der Waals surface area contributed by atoms with Crippen LogP contribution < -0.4 is 15.1 Å². The van der Waals surface area contributed by atoms with Crippen LogP contribution in [0.2, 0.25) is 0 Å². The van der Waals surface area contributed by atoms with Crippen LogP contribution in [0.3, 0.4) is 0 Å². The smallest absolute Gasteiger partial charge is 0.467 e. The molecule has 42 heavy (non-hydrogen) atoms. The third-order valence-corrected chi connectivity index (χ3v) is 8.50. The fourth-order valence-corrected chi connectivity index (χ4v) is 5.94. The topological polar surface area (TPSA) is 95.5 Å². The highest BCUT2D eigenvalue weighted by Gasteiger charge is 2.52. The Bertz CT molecular complexity index is 1280. The molecule has 2 bridgehead atoms. The maximum atomic E-state index is 15.9. The number of ether oxygens (including phenoxy) is 3. The first kappa shape index (κ1) is 30.5. The standard InChI is InChI=1S/C30H42BFN4O6/c1-18-30(5,6)42-31(41-18)19-9-11-21(25(13-19)39-17-38-8)22-15-34-26(16-33-22)35(7)24-14-20-10-12-23(27(24)32)36(20)28(37)40-29(2,3)4/h9,11,13,15-16,18,20,23-24,27H,10,12,14,17H2,1-8H3/t18?,20-,23+,24-,27+/m0/s1. The number of methoxy groups -OCH3 is 1. The number of piperidine rings is 1. The van der Waals surface area contributed by atoms with E-state index in [1.807, 2.05) is 71.7 Å². The summed E-state index contributed by atoms with van der Waals surface area (Å²) in [6.45, 7) is 11.5. The molecule has 1 aromatic heterocycles. The second kappa shape index (κ2) is 11.6. The van der Waals surface area contributed by atoms with E-state index in [9.17, 15) is 4.79 Å². The summed E-state index contributed by atoms with van der Waals surface area (Å²) in [6, 6.07) is 4.68. The number of hydrogen-bond acceptors (Lipinski definition) is 9. The number of nitrogens with zero attached hydrogens (tertiary/aromatic N) is 4. The minimum Gasteiger partial charge on any atom is -0.467 e. The molecule has 3 aliphatic rings. The Morgan fingerprint density at radius 3 is 2.62 bits per heavy atom. The summed E-state index contributed by atoms with van der Waals surface area (Å²) in [7, 11) is 2.88. The van der Waals surface area contributed by atoms with Crippen LogP contribution in [0.1, 0.15) is 60.8 Å². The van der Waals surface area contributed by atoms with Crippen LogP contribution in [-0.4, -0.2) is 90.6 Å². The van der Waals surface area contributed by atoms with Gasteiger partial charge in [-0.1, -0.05) is 6.07 Å². The van der Waals surface area contributed by atoms with Crippen molar-refractivity contribution in [3.63, 3.8) is 0 Å². The van der Waals surface area contributed by atoms with E-state index < -0.39 is 42.7 Å². The zero-order valence-electron chi connectivity index (χ0n) is 25.8. The van der Waals surface area contributed by atoms with Crippen molar-refractivity contribution >= 4 is 24.5 Å². The lowest BCUT2D eigenvalue weighted by molar-refractivity contribution is -0.0104. The Balaban J connectivity index is 1.32. The third-order valence-electron chi connectivity index (χ3n) is 8.50. The van der Waals surface area contributed by atoms with Gasteiger partial charge in [-0.05, 0) is 78.4 Å². The van der Waals surface area contributed by atoms with Crippen molar-refractivity contribution in [3.05, 3.63) is 30.6 Å². The number of fused-ring (bicyclic) bond motifs is 2. The Labute approximate surface area is 248 Å². The van der Waals surface area contributed by atoms with Gasteiger partial charge in [0, 0.05) is 25.8 Å². The molecule has 228 valence electrons. The minimum atomic E-state index is -1.24. The van der Waals surface area contributed by atoms with Gasteiger partial charge in [0.15, 0.2) is 6.79 Å². The van der Waals surface area contributed by atoms with E-state index in [1.54, 1.807) is 24.4 Å². The summed E-state index contributed by atoms with van der Waals surface area (Å²) in [4.78, 5) is 25.6. The van der Waals surface area contributed by atoms with Crippen LogP contribution in [-0.2, 0) is 18.8 Å². The first-order chi connectivity index (χ1) is 19.8. The zero-order valence-corrected chi connectivity index (χ0v) is 25.8. The number of halogens is 1. The third kappa shape index (κ3) is 6.07. The summed E-state index contributed by atoms with van der Waals surface area (Å²) < 4.78 is 44.7. The number of amides is 1. The molecule has 3 saturated heterocycles. The molecular weight excluding hydrogens is 542 g/mol. The maximum absolute atomic E-state index is 15.9. The van der Waals surface area contributed by atoms with Crippen molar-refractivity contribution in [1.29, 1.82) is 0 Å². The number of rotatable bonds is 7. The second-order valence-electron chi connectivity index (χ2n) is 12.9. The van der Waals surface area contributed by atoms with Crippen LogP contribution in [0.25, 0.3) is 11.3 Å². The van der Waals surface area contributed by atoms with Crippen molar-refractivity contribution in [2.45, 2.75) is 102 Å². The van der Waals surface area contributed by atoms with Gasteiger partial charge in [-0.3, -0.25) is 9.88 Å². The number of carbonyl (C=O) groups is 1. The molecule has 4 heterocycles. The van der Waals surface area contributed by atoms with Gasteiger partial charge in [0.1, 0.15) is 23.3 Å². The van der Waals surface area contributed by atoms with Crippen molar-refractivity contribution in [2.24, 2.45) is 0 Å². The molecule has 0 spiro atoms. The van der Waals surface area contributed by atoms with Gasteiger partial charge < -0.3 is 28.4 Å². The highest BCUT2D eigenvalue weighted by Crippen LogP contribution is 2.41. The van der Waals surface area contributed by atoms with Gasteiger partial charge in [0.2, 0.25) is 0 Å². The molecule has 0 radical (unpaired) electrons. The zero-order chi connectivity index (χ0) is 30.4. The fourth-order valence-electron chi connectivity index (χ4n) is 5.94. The Hall–Kier alpha value is -2.96. The van der Waals surface area contributed by atoms with E-state index in [1.165, 1.54) is 0 Å². The first-order valence-corrected chi connectivity index (χ1v) is 14.6.